The first kappa shape index (κ1) is 15.7. The molecule has 2 rings (SSSR count). The van der Waals surface area contributed by atoms with Gasteiger partial charge in [-0.2, -0.15) is 0 Å². The van der Waals surface area contributed by atoms with E-state index in [9.17, 15) is 0 Å². The van der Waals surface area contributed by atoms with Crippen molar-refractivity contribution in [3.63, 3.8) is 0 Å². The first-order valence-electron chi connectivity index (χ1n) is 5.51. The zero-order valence-electron chi connectivity index (χ0n) is 10.6. The highest BCUT2D eigenvalue weighted by Crippen LogP contribution is 2.21. The van der Waals surface area contributed by atoms with Gasteiger partial charge in [0.25, 0.3) is 0 Å². The number of hydrogen-bond donors (Lipinski definition) is 1. The van der Waals surface area contributed by atoms with Crippen LogP contribution in [-0.2, 0) is 18.8 Å². The van der Waals surface area contributed by atoms with E-state index in [1.54, 1.807) is 24.1 Å². The van der Waals surface area contributed by atoms with Crippen LogP contribution in [0.3, 0.4) is 0 Å². The number of hydrogen-bond acceptors (Lipinski definition) is 6. The van der Waals surface area contributed by atoms with Crippen LogP contribution in [0.5, 0.6) is 0 Å². The number of oxazole rings is 1. The van der Waals surface area contributed by atoms with E-state index in [0.29, 0.717) is 24.7 Å². The van der Waals surface area contributed by atoms with Crippen LogP contribution in [0.15, 0.2) is 28.5 Å². The van der Waals surface area contributed by atoms with Crippen molar-refractivity contribution in [2.45, 2.75) is 30.9 Å². The fourth-order valence-electron chi connectivity index (χ4n) is 1.50. The van der Waals surface area contributed by atoms with Gasteiger partial charge >= 0.3 is 0 Å². The summed E-state index contributed by atoms with van der Waals surface area (Å²) in [5.41, 5.74) is 6.50. The smallest absolute Gasteiger partial charge is 0.191 e. The average Bonchev–Trinajstić information content (AvgIpc) is 2.94. The summed E-state index contributed by atoms with van der Waals surface area (Å²) in [5.74, 6) is 2.12. The van der Waals surface area contributed by atoms with Crippen LogP contribution in [-0.4, -0.2) is 19.7 Å². The second-order valence-corrected chi connectivity index (χ2v) is 4.59. The predicted molar refractivity (Wildman–Crippen MR) is 76.2 cm³/mol. The Hall–Kier alpha value is -1.31. The fraction of sp³-hybridized carbons (Fsp3) is 0.364. The Bertz CT molecular complexity index is 539. The highest BCUT2D eigenvalue weighted by atomic mass is 35.5. The highest BCUT2D eigenvalue weighted by molar-refractivity contribution is 7.98. The third kappa shape index (κ3) is 3.82. The molecule has 0 amide bonds. The average molecular weight is 302 g/mol. The summed E-state index contributed by atoms with van der Waals surface area (Å²) in [7, 11) is 0. The topological polar surface area (TPSA) is 82.8 Å². The van der Waals surface area contributed by atoms with Crippen LogP contribution in [0, 0.1) is 6.92 Å². The molecule has 0 saturated heterocycles. The van der Waals surface area contributed by atoms with E-state index in [0.717, 1.165) is 16.7 Å². The standard InChI is InChI=1S/C11H15N5OS.ClH/c1-3-4-16-10(5-12)14-15-11(16)18-7-9-6-17-8(2)13-9;/h3,6H,1,4-5,7,12H2,2H3;1H. The van der Waals surface area contributed by atoms with E-state index >= 15 is 0 Å². The lowest BCUT2D eigenvalue weighted by Gasteiger charge is -2.04. The zero-order valence-corrected chi connectivity index (χ0v) is 12.2. The molecule has 0 atom stereocenters. The minimum Gasteiger partial charge on any atom is -0.449 e. The molecule has 19 heavy (non-hydrogen) atoms. The van der Waals surface area contributed by atoms with Gasteiger partial charge in [-0.1, -0.05) is 17.8 Å². The molecule has 8 heteroatoms. The van der Waals surface area contributed by atoms with Crippen LogP contribution < -0.4 is 5.73 Å². The minimum absolute atomic E-state index is 0. The summed E-state index contributed by atoms with van der Waals surface area (Å²) in [6, 6.07) is 0. The van der Waals surface area contributed by atoms with Crippen LogP contribution in [0.1, 0.15) is 17.4 Å². The molecule has 0 aliphatic carbocycles. The van der Waals surface area contributed by atoms with Gasteiger partial charge in [-0.15, -0.1) is 29.2 Å². The first-order chi connectivity index (χ1) is 8.74. The van der Waals surface area contributed by atoms with Crippen molar-refractivity contribution in [1.29, 1.82) is 0 Å². The summed E-state index contributed by atoms with van der Waals surface area (Å²) < 4.78 is 7.10. The van der Waals surface area contributed by atoms with Gasteiger partial charge < -0.3 is 14.7 Å². The van der Waals surface area contributed by atoms with E-state index < -0.39 is 0 Å². The first-order valence-corrected chi connectivity index (χ1v) is 6.50. The third-order valence-corrected chi connectivity index (χ3v) is 3.30. The van der Waals surface area contributed by atoms with Gasteiger partial charge in [-0.05, 0) is 0 Å². The number of allylic oxidation sites excluding steroid dienone is 1. The van der Waals surface area contributed by atoms with Crippen molar-refractivity contribution in [3.8, 4) is 0 Å². The van der Waals surface area contributed by atoms with Crippen molar-refractivity contribution in [1.82, 2.24) is 19.7 Å². The zero-order chi connectivity index (χ0) is 13.0. The largest absolute Gasteiger partial charge is 0.449 e. The Kier molecular flexibility index (Phi) is 6.07. The molecule has 0 fully saturated rings. The van der Waals surface area contributed by atoms with Gasteiger partial charge in [0.15, 0.2) is 11.0 Å². The lowest BCUT2D eigenvalue weighted by molar-refractivity contribution is 0.521. The molecule has 0 aromatic carbocycles. The summed E-state index contributed by atoms with van der Waals surface area (Å²) in [4.78, 5) is 4.24. The van der Waals surface area contributed by atoms with Crippen LogP contribution >= 0.6 is 24.2 Å². The minimum atomic E-state index is 0. The molecule has 2 aromatic heterocycles. The molecular formula is C11H16ClN5OS. The normalized spacial score (nSPS) is 10.2. The number of nitrogens with zero attached hydrogens (tertiary/aromatic N) is 4. The predicted octanol–water partition coefficient (Wildman–Crippen LogP) is 1.93. The molecule has 2 aromatic rings. The van der Waals surface area contributed by atoms with Crippen molar-refractivity contribution in [3.05, 3.63) is 36.3 Å². The Morgan fingerprint density at radius 3 is 2.89 bits per heavy atom. The van der Waals surface area contributed by atoms with E-state index in [1.807, 2.05) is 11.5 Å². The second-order valence-electron chi connectivity index (χ2n) is 3.65. The molecule has 0 aliphatic heterocycles. The molecule has 0 bridgehead atoms. The monoisotopic (exact) mass is 301 g/mol. The number of rotatable bonds is 6. The Morgan fingerprint density at radius 2 is 2.32 bits per heavy atom. The van der Waals surface area contributed by atoms with E-state index in [4.69, 9.17) is 10.2 Å². The van der Waals surface area contributed by atoms with Gasteiger partial charge in [-0.3, -0.25) is 0 Å². The lowest BCUT2D eigenvalue weighted by Crippen LogP contribution is -2.08. The third-order valence-electron chi connectivity index (χ3n) is 2.30. The molecule has 0 unspecified atom stereocenters. The SMILES string of the molecule is C=CCn1c(CN)nnc1SCc1coc(C)n1.Cl. The van der Waals surface area contributed by atoms with E-state index in [2.05, 4.69) is 21.8 Å². The molecule has 2 heterocycles. The van der Waals surface area contributed by atoms with Gasteiger partial charge in [0, 0.05) is 19.2 Å². The molecule has 0 radical (unpaired) electrons. The van der Waals surface area contributed by atoms with Gasteiger partial charge in [0.2, 0.25) is 0 Å². The maximum absolute atomic E-state index is 5.61. The number of aryl methyl sites for hydroxylation is 1. The number of halogens is 1. The van der Waals surface area contributed by atoms with Crippen molar-refractivity contribution in [2.75, 3.05) is 0 Å². The van der Waals surface area contributed by atoms with Crippen molar-refractivity contribution >= 4 is 24.2 Å². The molecular weight excluding hydrogens is 286 g/mol. The number of nitrogens with two attached hydrogens (primary N) is 1. The maximum atomic E-state index is 5.61. The molecule has 104 valence electrons. The summed E-state index contributed by atoms with van der Waals surface area (Å²) >= 11 is 1.55. The summed E-state index contributed by atoms with van der Waals surface area (Å²) in [6.45, 7) is 6.56. The number of aromatic nitrogens is 4. The molecule has 0 aliphatic rings. The quantitative estimate of drug-likeness (QED) is 0.648. The van der Waals surface area contributed by atoms with Crippen LogP contribution in [0.2, 0.25) is 0 Å². The molecule has 0 spiro atoms. The molecule has 6 nitrogen and oxygen atoms in total. The number of thioether (sulfide) groups is 1. The van der Waals surface area contributed by atoms with Gasteiger partial charge in [0.05, 0.1) is 12.2 Å². The van der Waals surface area contributed by atoms with Crippen LogP contribution in [0.25, 0.3) is 0 Å². The maximum Gasteiger partial charge on any atom is 0.191 e. The lowest BCUT2D eigenvalue weighted by atomic mass is 10.5. The second kappa shape index (κ2) is 7.32. The van der Waals surface area contributed by atoms with E-state index in [-0.39, 0.29) is 12.4 Å². The van der Waals surface area contributed by atoms with Gasteiger partial charge in [-0.25, -0.2) is 4.98 Å². The summed E-state index contributed by atoms with van der Waals surface area (Å²) in [5, 5.41) is 8.98. The van der Waals surface area contributed by atoms with E-state index in [1.165, 1.54) is 0 Å². The summed E-state index contributed by atoms with van der Waals surface area (Å²) in [6.07, 6.45) is 3.45. The Labute approximate surface area is 121 Å². The fourth-order valence-corrected chi connectivity index (χ4v) is 2.35. The van der Waals surface area contributed by atoms with Crippen molar-refractivity contribution in [2.24, 2.45) is 5.73 Å². The van der Waals surface area contributed by atoms with Crippen LogP contribution in [0.4, 0.5) is 0 Å². The van der Waals surface area contributed by atoms with Gasteiger partial charge in [0.1, 0.15) is 12.1 Å². The Balaban J connectivity index is 0.00000180. The molecule has 2 N–H and O–H groups in total. The Morgan fingerprint density at radius 1 is 1.53 bits per heavy atom. The molecule has 0 saturated carbocycles. The highest BCUT2D eigenvalue weighted by Gasteiger charge is 2.11. The van der Waals surface area contributed by atoms with Crippen molar-refractivity contribution < 1.29 is 4.42 Å².